The first-order valence-corrected chi connectivity index (χ1v) is 8.68. The van der Waals surface area contributed by atoms with E-state index in [0.717, 1.165) is 11.5 Å². The van der Waals surface area contributed by atoms with E-state index < -0.39 is 0 Å². The van der Waals surface area contributed by atoms with Gasteiger partial charge in [0.2, 0.25) is 0 Å². The molecule has 1 rings (SSSR count). The van der Waals surface area contributed by atoms with Gasteiger partial charge in [0.25, 0.3) is 0 Å². The molecule has 0 N–H and O–H groups in total. The second-order valence-corrected chi connectivity index (χ2v) is 5.99. The summed E-state index contributed by atoms with van der Waals surface area (Å²) in [6, 6.07) is 6.25. The van der Waals surface area contributed by atoms with Crippen molar-refractivity contribution in [2.45, 2.75) is 57.7 Å². The Bertz CT molecular complexity index is 379. The van der Waals surface area contributed by atoms with Gasteiger partial charge in [0.1, 0.15) is 0 Å². The lowest BCUT2D eigenvalue weighted by molar-refractivity contribution is 0.287. The van der Waals surface area contributed by atoms with Crippen LogP contribution in [0.3, 0.4) is 0 Å². The van der Waals surface area contributed by atoms with Gasteiger partial charge in [0.15, 0.2) is 11.5 Å². The third-order valence-electron chi connectivity index (χ3n) is 3.24. The lowest BCUT2D eigenvalue weighted by atomic mass is 10.0. The van der Waals surface area contributed by atoms with Gasteiger partial charge in [-0.25, -0.2) is 0 Å². The van der Waals surface area contributed by atoms with E-state index in [-0.39, 0.29) is 0 Å². The molecule has 0 aliphatic carbocycles. The minimum atomic E-state index is 0.397. The molecular formula is C17H27BrO2. The molecule has 0 amide bonds. The van der Waals surface area contributed by atoms with Crippen molar-refractivity contribution >= 4 is 15.9 Å². The van der Waals surface area contributed by atoms with Crippen LogP contribution in [0.25, 0.3) is 0 Å². The van der Waals surface area contributed by atoms with E-state index in [4.69, 9.17) is 9.47 Å². The predicted octanol–water partition coefficient (Wildman–Crippen LogP) is 5.89. The number of rotatable bonds is 10. The molecule has 1 aromatic carbocycles. The van der Waals surface area contributed by atoms with Gasteiger partial charge in [-0.1, -0.05) is 54.6 Å². The van der Waals surface area contributed by atoms with Gasteiger partial charge in [-0.3, -0.25) is 0 Å². The number of unbranched alkanes of at least 4 members (excludes halogenated alkanes) is 3. The molecule has 114 valence electrons. The van der Waals surface area contributed by atoms with Crippen molar-refractivity contribution in [2.75, 3.05) is 13.2 Å². The Morgan fingerprint density at radius 2 is 1.65 bits per heavy atom. The van der Waals surface area contributed by atoms with Crippen LogP contribution in [0.5, 0.6) is 11.5 Å². The Morgan fingerprint density at radius 3 is 2.30 bits per heavy atom. The third kappa shape index (κ3) is 5.74. The van der Waals surface area contributed by atoms with E-state index in [2.05, 4.69) is 35.0 Å². The summed E-state index contributed by atoms with van der Waals surface area (Å²) in [6.07, 6.45) is 6.35. The molecule has 0 aliphatic heterocycles. The molecule has 0 radical (unpaired) electrons. The van der Waals surface area contributed by atoms with Gasteiger partial charge in [-0.05, 0) is 38.0 Å². The highest BCUT2D eigenvalue weighted by Gasteiger charge is 2.12. The van der Waals surface area contributed by atoms with Crippen LogP contribution in [-0.2, 0) is 0 Å². The molecule has 0 saturated carbocycles. The van der Waals surface area contributed by atoms with Gasteiger partial charge in [-0.15, -0.1) is 0 Å². The molecule has 3 heteroatoms. The van der Waals surface area contributed by atoms with Gasteiger partial charge in [0.05, 0.1) is 13.2 Å². The zero-order chi connectivity index (χ0) is 14.8. The molecule has 0 spiro atoms. The number of hydrogen-bond acceptors (Lipinski definition) is 2. The van der Waals surface area contributed by atoms with E-state index >= 15 is 0 Å². The monoisotopic (exact) mass is 342 g/mol. The Labute approximate surface area is 132 Å². The molecule has 0 heterocycles. The lowest BCUT2D eigenvalue weighted by Gasteiger charge is -2.15. The summed E-state index contributed by atoms with van der Waals surface area (Å²) in [5.41, 5.74) is 1.27. The van der Waals surface area contributed by atoms with Crippen LogP contribution >= 0.6 is 15.9 Å². The van der Waals surface area contributed by atoms with Crippen LogP contribution in [0.15, 0.2) is 18.2 Å². The first kappa shape index (κ1) is 17.4. The zero-order valence-electron chi connectivity index (χ0n) is 13.0. The van der Waals surface area contributed by atoms with E-state index in [1.807, 2.05) is 19.9 Å². The highest BCUT2D eigenvalue weighted by Crippen LogP contribution is 2.35. The van der Waals surface area contributed by atoms with Crippen LogP contribution in [0.4, 0.5) is 0 Å². The minimum Gasteiger partial charge on any atom is -0.490 e. The SMILES string of the molecule is CCCCCCC(Br)c1ccc(OCC)c(OCC)c1. The zero-order valence-corrected chi connectivity index (χ0v) is 14.5. The molecule has 1 atom stereocenters. The molecule has 0 bridgehead atoms. The smallest absolute Gasteiger partial charge is 0.161 e. The molecule has 0 saturated heterocycles. The standard InChI is InChI=1S/C17H27BrO2/c1-4-7-8-9-10-15(18)14-11-12-16(19-5-2)17(13-14)20-6-3/h11-13,15H,4-10H2,1-3H3. The van der Waals surface area contributed by atoms with Gasteiger partial charge in [-0.2, -0.15) is 0 Å². The fourth-order valence-corrected chi connectivity index (χ4v) is 2.79. The van der Waals surface area contributed by atoms with Crippen LogP contribution < -0.4 is 9.47 Å². The lowest BCUT2D eigenvalue weighted by Crippen LogP contribution is -2.00. The highest BCUT2D eigenvalue weighted by atomic mass is 79.9. The maximum Gasteiger partial charge on any atom is 0.161 e. The van der Waals surface area contributed by atoms with Crippen molar-refractivity contribution in [1.82, 2.24) is 0 Å². The maximum atomic E-state index is 5.68. The van der Waals surface area contributed by atoms with E-state index in [1.54, 1.807) is 0 Å². The van der Waals surface area contributed by atoms with Crippen molar-refractivity contribution in [3.8, 4) is 11.5 Å². The Kier molecular flexibility index (Phi) is 8.75. The average molecular weight is 343 g/mol. The molecule has 1 aromatic rings. The fraction of sp³-hybridized carbons (Fsp3) is 0.647. The summed E-state index contributed by atoms with van der Waals surface area (Å²) in [6.45, 7) is 7.55. The highest BCUT2D eigenvalue weighted by molar-refractivity contribution is 9.09. The van der Waals surface area contributed by atoms with Crippen molar-refractivity contribution in [3.63, 3.8) is 0 Å². The fourth-order valence-electron chi connectivity index (χ4n) is 2.18. The Morgan fingerprint density at radius 1 is 0.950 bits per heavy atom. The second kappa shape index (κ2) is 10.1. The van der Waals surface area contributed by atoms with Crippen LogP contribution in [0, 0.1) is 0 Å². The van der Waals surface area contributed by atoms with Crippen molar-refractivity contribution in [3.05, 3.63) is 23.8 Å². The minimum absolute atomic E-state index is 0.397. The van der Waals surface area contributed by atoms with Crippen molar-refractivity contribution in [1.29, 1.82) is 0 Å². The van der Waals surface area contributed by atoms with E-state index in [1.165, 1.54) is 37.7 Å². The van der Waals surface area contributed by atoms with E-state index in [9.17, 15) is 0 Å². The normalized spacial score (nSPS) is 12.2. The quantitative estimate of drug-likeness (QED) is 0.389. The number of hydrogen-bond donors (Lipinski definition) is 0. The van der Waals surface area contributed by atoms with Gasteiger partial charge >= 0.3 is 0 Å². The largest absolute Gasteiger partial charge is 0.490 e. The molecule has 20 heavy (non-hydrogen) atoms. The van der Waals surface area contributed by atoms with Crippen molar-refractivity contribution in [2.24, 2.45) is 0 Å². The third-order valence-corrected chi connectivity index (χ3v) is 4.23. The molecule has 2 nitrogen and oxygen atoms in total. The summed E-state index contributed by atoms with van der Waals surface area (Å²) in [5, 5.41) is 0. The van der Waals surface area contributed by atoms with Gasteiger partial charge in [0, 0.05) is 4.83 Å². The van der Waals surface area contributed by atoms with E-state index in [0.29, 0.717) is 18.0 Å². The number of halogens is 1. The van der Waals surface area contributed by atoms with Crippen LogP contribution in [0.2, 0.25) is 0 Å². The molecule has 0 fully saturated rings. The number of ether oxygens (including phenoxy) is 2. The first-order chi connectivity index (χ1) is 9.72. The summed E-state index contributed by atoms with van der Waals surface area (Å²) < 4.78 is 11.3. The topological polar surface area (TPSA) is 18.5 Å². The summed E-state index contributed by atoms with van der Waals surface area (Å²) >= 11 is 3.79. The Balaban J connectivity index is 2.66. The maximum absolute atomic E-state index is 5.68. The number of alkyl halides is 1. The van der Waals surface area contributed by atoms with Gasteiger partial charge < -0.3 is 9.47 Å². The summed E-state index contributed by atoms with van der Waals surface area (Å²) in [7, 11) is 0. The number of benzene rings is 1. The van der Waals surface area contributed by atoms with Crippen LogP contribution in [0.1, 0.15) is 63.3 Å². The molecule has 0 aromatic heterocycles. The predicted molar refractivity (Wildman–Crippen MR) is 89.2 cm³/mol. The van der Waals surface area contributed by atoms with Crippen LogP contribution in [-0.4, -0.2) is 13.2 Å². The van der Waals surface area contributed by atoms with Crippen molar-refractivity contribution < 1.29 is 9.47 Å². The first-order valence-electron chi connectivity index (χ1n) is 7.76. The summed E-state index contributed by atoms with van der Waals surface area (Å²) in [4.78, 5) is 0.397. The molecule has 0 aliphatic rings. The average Bonchev–Trinajstić information content (AvgIpc) is 2.45. The summed E-state index contributed by atoms with van der Waals surface area (Å²) in [5.74, 6) is 1.69. The molecule has 1 unspecified atom stereocenters. The molecular weight excluding hydrogens is 316 g/mol. The Hall–Kier alpha value is -0.700. The second-order valence-electron chi connectivity index (χ2n) is 4.89.